The number of hydrogen-bond donors (Lipinski definition) is 2. The fraction of sp³-hybridized carbons (Fsp3) is 0.529. The number of carboxylic acids is 1. The second-order valence-corrected chi connectivity index (χ2v) is 6.56. The zero-order chi connectivity index (χ0) is 16.4. The van der Waals surface area contributed by atoms with E-state index in [1.165, 1.54) is 11.1 Å². The zero-order valence-electron chi connectivity index (χ0n) is 13.3. The second-order valence-electron chi connectivity index (χ2n) is 6.56. The van der Waals surface area contributed by atoms with Crippen LogP contribution in [0, 0.1) is 5.41 Å². The van der Waals surface area contributed by atoms with Gasteiger partial charge in [0, 0.05) is 26.1 Å². The molecular formula is C17H22N2O4. The van der Waals surface area contributed by atoms with Gasteiger partial charge < -0.3 is 20.1 Å². The lowest BCUT2D eigenvalue weighted by atomic mass is 9.90. The van der Waals surface area contributed by atoms with Gasteiger partial charge in [-0.15, -0.1) is 0 Å². The lowest BCUT2D eigenvalue weighted by Crippen LogP contribution is -2.41. The number of benzene rings is 1. The second kappa shape index (κ2) is 6.10. The molecule has 2 amide bonds. The number of carboxylic acid groups (broad SMARTS) is 1. The van der Waals surface area contributed by atoms with E-state index in [1.807, 2.05) is 12.1 Å². The molecule has 2 N–H and O–H groups in total. The summed E-state index contributed by atoms with van der Waals surface area (Å²) in [6.45, 7) is 3.73. The molecule has 124 valence electrons. The zero-order valence-corrected chi connectivity index (χ0v) is 13.3. The third kappa shape index (κ3) is 3.25. The first-order chi connectivity index (χ1) is 11.0. The summed E-state index contributed by atoms with van der Waals surface area (Å²) in [6.07, 6.45) is 2.20. The first-order valence-corrected chi connectivity index (χ1v) is 7.99. The highest BCUT2D eigenvalue weighted by molar-refractivity contribution is 5.79. The van der Waals surface area contributed by atoms with Crippen LogP contribution in [0.15, 0.2) is 18.2 Å². The average molecular weight is 318 g/mol. The van der Waals surface area contributed by atoms with Crippen molar-refractivity contribution in [2.75, 3.05) is 26.2 Å². The highest BCUT2D eigenvalue weighted by Gasteiger charge is 2.42. The summed E-state index contributed by atoms with van der Waals surface area (Å²) < 4.78 is 5.48. The third-order valence-electron chi connectivity index (χ3n) is 4.72. The molecule has 1 saturated heterocycles. The Morgan fingerprint density at radius 3 is 3.00 bits per heavy atom. The van der Waals surface area contributed by atoms with Gasteiger partial charge in [-0.3, -0.25) is 4.79 Å². The van der Waals surface area contributed by atoms with Crippen LogP contribution in [0.2, 0.25) is 0 Å². The number of amides is 2. The molecule has 1 aromatic carbocycles. The predicted octanol–water partition coefficient (Wildman–Crippen LogP) is 1.67. The van der Waals surface area contributed by atoms with Crippen LogP contribution in [0.5, 0.6) is 5.75 Å². The van der Waals surface area contributed by atoms with Gasteiger partial charge in [-0.05, 0) is 37.0 Å². The van der Waals surface area contributed by atoms with Crippen molar-refractivity contribution < 1.29 is 19.4 Å². The van der Waals surface area contributed by atoms with Gasteiger partial charge in [0.15, 0.2) is 0 Å². The van der Waals surface area contributed by atoms with Crippen LogP contribution in [-0.2, 0) is 17.6 Å². The number of likely N-dealkylation sites (tertiary alicyclic amines) is 1. The van der Waals surface area contributed by atoms with Crippen LogP contribution in [0.25, 0.3) is 0 Å². The maximum atomic E-state index is 12.1. The summed E-state index contributed by atoms with van der Waals surface area (Å²) in [5.41, 5.74) is 1.58. The van der Waals surface area contributed by atoms with Crippen molar-refractivity contribution in [3.05, 3.63) is 29.3 Å². The fourth-order valence-electron chi connectivity index (χ4n) is 3.13. The number of nitrogens with zero attached hydrogens (tertiary/aromatic N) is 1. The lowest BCUT2D eigenvalue weighted by Gasteiger charge is -2.20. The van der Waals surface area contributed by atoms with Crippen LogP contribution in [0.3, 0.4) is 0 Å². The molecule has 1 fully saturated rings. The number of carbonyl (C=O) groups is 2. The predicted molar refractivity (Wildman–Crippen MR) is 84.7 cm³/mol. The maximum absolute atomic E-state index is 12.1. The van der Waals surface area contributed by atoms with Gasteiger partial charge >= 0.3 is 12.0 Å². The van der Waals surface area contributed by atoms with E-state index < -0.39 is 11.4 Å². The Kier molecular flexibility index (Phi) is 4.15. The molecule has 23 heavy (non-hydrogen) atoms. The van der Waals surface area contributed by atoms with Gasteiger partial charge in [0.05, 0.1) is 12.0 Å². The first-order valence-electron chi connectivity index (χ1n) is 7.99. The minimum atomic E-state index is -0.840. The van der Waals surface area contributed by atoms with Crippen LogP contribution < -0.4 is 10.1 Å². The minimum Gasteiger partial charge on any atom is -0.493 e. The van der Waals surface area contributed by atoms with Crippen molar-refractivity contribution in [3.8, 4) is 5.75 Å². The molecule has 0 bridgehead atoms. The Labute approximate surface area is 135 Å². The highest BCUT2D eigenvalue weighted by atomic mass is 16.5. The molecule has 3 rings (SSSR count). The number of nitrogens with one attached hydrogen (secondary N) is 1. The summed E-state index contributed by atoms with van der Waals surface area (Å²) in [5.74, 6) is 0.121. The number of ether oxygens (including phenoxy) is 1. The summed E-state index contributed by atoms with van der Waals surface area (Å²) in [6, 6.07) is 5.96. The molecule has 0 radical (unpaired) electrons. The number of rotatable bonds is 4. The quantitative estimate of drug-likeness (QED) is 0.885. The largest absolute Gasteiger partial charge is 0.493 e. The van der Waals surface area contributed by atoms with Crippen molar-refractivity contribution in [1.29, 1.82) is 0 Å². The molecule has 0 spiro atoms. The maximum Gasteiger partial charge on any atom is 0.317 e. The Morgan fingerprint density at radius 1 is 1.43 bits per heavy atom. The van der Waals surface area contributed by atoms with Crippen LogP contribution in [0.1, 0.15) is 24.5 Å². The van der Waals surface area contributed by atoms with E-state index in [2.05, 4.69) is 11.4 Å². The van der Waals surface area contributed by atoms with Crippen molar-refractivity contribution in [1.82, 2.24) is 10.2 Å². The normalized spacial score (nSPS) is 22.6. The number of aliphatic carboxylic acids is 1. The molecule has 0 aliphatic carbocycles. The summed E-state index contributed by atoms with van der Waals surface area (Å²) in [4.78, 5) is 24.9. The smallest absolute Gasteiger partial charge is 0.317 e. The number of hydrogen-bond acceptors (Lipinski definition) is 3. The van der Waals surface area contributed by atoms with Gasteiger partial charge in [-0.1, -0.05) is 12.1 Å². The van der Waals surface area contributed by atoms with E-state index >= 15 is 0 Å². The molecule has 2 aliphatic rings. The first kappa shape index (κ1) is 15.6. The molecule has 2 aliphatic heterocycles. The molecule has 1 aromatic rings. The van der Waals surface area contributed by atoms with Gasteiger partial charge in [0.1, 0.15) is 5.75 Å². The molecule has 1 atom stereocenters. The summed E-state index contributed by atoms with van der Waals surface area (Å²) in [7, 11) is 0. The average Bonchev–Trinajstić information content (AvgIpc) is 3.14. The van der Waals surface area contributed by atoms with Crippen molar-refractivity contribution >= 4 is 12.0 Å². The van der Waals surface area contributed by atoms with E-state index in [0.29, 0.717) is 19.5 Å². The molecule has 0 aromatic heterocycles. The van der Waals surface area contributed by atoms with Gasteiger partial charge in [-0.2, -0.15) is 0 Å². The van der Waals surface area contributed by atoms with Crippen molar-refractivity contribution in [2.24, 2.45) is 5.41 Å². The SMILES string of the molecule is CC1(C(=O)O)CCN(C(=O)NCCc2ccc3c(c2)CCO3)C1. The summed E-state index contributed by atoms with van der Waals surface area (Å²) in [5, 5.41) is 12.1. The molecular weight excluding hydrogens is 296 g/mol. The van der Waals surface area contributed by atoms with E-state index in [0.717, 1.165) is 25.2 Å². The fourth-order valence-corrected chi connectivity index (χ4v) is 3.13. The topological polar surface area (TPSA) is 78.9 Å². The lowest BCUT2D eigenvalue weighted by molar-refractivity contribution is -0.146. The van der Waals surface area contributed by atoms with Gasteiger partial charge in [0.25, 0.3) is 0 Å². The van der Waals surface area contributed by atoms with Crippen molar-refractivity contribution in [3.63, 3.8) is 0 Å². The van der Waals surface area contributed by atoms with Crippen LogP contribution in [0.4, 0.5) is 4.79 Å². The Bertz CT molecular complexity index is 631. The molecule has 0 saturated carbocycles. The third-order valence-corrected chi connectivity index (χ3v) is 4.72. The molecule has 6 nitrogen and oxygen atoms in total. The van der Waals surface area contributed by atoms with Gasteiger partial charge in [-0.25, -0.2) is 4.79 Å². The van der Waals surface area contributed by atoms with E-state index in [1.54, 1.807) is 11.8 Å². The monoisotopic (exact) mass is 318 g/mol. The number of carbonyl (C=O) groups excluding carboxylic acids is 1. The van der Waals surface area contributed by atoms with Crippen LogP contribution >= 0.6 is 0 Å². The van der Waals surface area contributed by atoms with E-state index in [-0.39, 0.29) is 12.6 Å². The van der Waals surface area contributed by atoms with Gasteiger partial charge in [0.2, 0.25) is 0 Å². The van der Waals surface area contributed by atoms with Crippen molar-refractivity contribution in [2.45, 2.75) is 26.2 Å². The van der Waals surface area contributed by atoms with E-state index in [4.69, 9.17) is 4.74 Å². The summed E-state index contributed by atoms with van der Waals surface area (Å²) >= 11 is 0. The molecule has 6 heteroatoms. The Balaban J connectivity index is 1.48. The Hall–Kier alpha value is -2.24. The standard InChI is InChI=1S/C17H22N2O4/c1-17(15(20)21)6-8-19(11-17)16(22)18-7-4-12-2-3-14-13(10-12)5-9-23-14/h2-3,10H,4-9,11H2,1H3,(H,18,22)(H,20,21). The minimum absolute atomic E-state index is 0.181. The number of fused-ring (bicyclic) bond motifs is 1. The van der Waals surface area contributed by atoms with E-state index in [9.17, 15) is 14.7 Å². The highest BCUT2D eigenvalue weighted by Crippen LogP contribution is 2.30. The molecule has 2 heterocycles. The Morgan fingerprint density at radius 2 is 2.26 bits per heavy atom. The van der Waals surface area contributed by atoms with Crippen LogP contribution in [-0.4, -0.2) is 48.2 Å². The number of urea groups is 1. The molecule has 1 unspecified atom stereocenters.